The summed E-state index contributed by atoms with van der Waals surface area (Å²) in [4.78, 5) is 1.87. The van der Waals surface area contributed by atoms with E-state index in [2.05, 4.69) is 5.32 Å². The van der Waals surface area contributed by atoms with E-state index in [9.17, 15) is 0 Å². The number of para-hydroxylation sites is 1. The van der Waals surface area contributed by atoms with Crippen molar-refractivity contribution in [2.75, 3.05) is 18.4 Å². The highest BCUT2D eigenvalue weighted by Gasteiger charge is 2.10. The summed E-state index contributed by atoms with van der Waals surface area (Å²) in [5, 5.41) is 11.8. The number of benzene rings is 1. The Hall–Kier alpha value is -0.930. The van der Waals surface area contributed by atoms with Gasteiger partial charge >= 0.3 is 0 Å². The normalized spacial score (nSPS) is 10.0. The lowest BCUT2D eigenvalue weighted by Crippen LogP contribution is -2.35. The number of anilines is 1. The summed E-state index contributed by atoms with van der Waals surface area (Å²) in [6, 6.07) is 5.26. The van der Waals surface area contributed by atoms with Gasteiger partial charge in [0.15, 0.2) is 5.96 Å². The molecule has 88 valence electrons. The van der Waals surface area contributed by atoms with Gasteiger partial charge in [-0.2, -0.15) is 0 Å². The van der Waals surface area contributed by atoms with Crippen molar-refractivity contribution in [1.29, 1.82) is 5.41 Å². The fourth-order valence-electron chi connectivity index (χ4n) is 1.35. The maximum absolute atomic E-state index is 7.87. The van der Waals surface area contributed by atoms with Crippen LogP contribution in [0.5, 0.6) is 0 Å². The van der Waals surface area contributed by atoms with Crippen molar-refractivity contribution in [3.05, 3.63) is 28.2 Å². The molecular formula is C11H15Cl2N3. The Labute approximate surface area is 106 Å². The number of guanidine groups is 1. The van der Waals surface area contributed by atoms with E-state index >= 15 is 0 Å². The van der Waals surface area contributed by atoms with E-state index in [0.717, 1.165) is 13.1 Å². The van der Waals surface area contributed by atoms with E-state index in [1.54, 1.807) is 18.2 Å². The molecule has 0 unspecified atom stereocenters. The molecule has 1 aromatic rings. The molecule has 0 aliphatic rings. The standard InChI is InChI=1S/C11H15Cl2N3/c1-3-16(4-2)11(14)15-10-8(12)6-5-7-9(10)13/h5-7H,3-4H2,1-2H3,(H2,14,15). The van der Waals surface area contributed by atoms with Gasteiger partial charge in [-0.15, -0.1) is 0 Å². The number of rotatable bonds is 3. The van der Waals surface area contributed by atoms with Crippen molar-refractivity contribution in [1.82, 2.24) is 4.90 Å². The van der Waals surface area contributed by atoms with E-state index in [0.29, 0.717) is 21.7 Å². The van der Waals surface area contributed by atoms with Crippen LogP contribution >= 0.6 is 23.2 Å². The molecule has 1 rings (SSSR count). The average Bonchev–Trinajstić information content (AvgIpc) is 2.25. The summed E-state index contributed by atoms with van der Waals surface area (Å²) in [7, 11) is 0. The van der Waals surface area contributed by atoms with Crippen molar-refractivity contribution >= 4 is 34.8 Å². The van der Waals surface area contributed by atoms with Crippen molar-refractivity contribution < 1.29 is 0 Å². The quantitative estimate of drug-likeness (QED) is 0.642. The van der Waals surface area contributed by atoms with Crippen LogP contribution in [0.1, 0.15) is 13.8 Å². The minimum Gasteiger partial charge on any atom is -0.343 e. The predicted octanol–water partition coefficient (Wildman–Crippen LogP) is 3.68. The smallest absolute Gasteiger partial charge is 0.195 e. The zero-order valence-corrected chi connectivity index (χ0v) is 10.9. The van der Waals surface area contributed by atoms with Gasteiger partial charge in [0.05, 0.1) is 15.7 Å². The lowest BCUT2D eigenvalue weighted by atomic mass is 10.3. The van der Waals surface area contributed by atoms with Crippen LogP contribution in [0, 0.1) is 5.41 Å². The molecule has 2 N–H and O–H groups in total. The molecule has 0 bridgehead atoms. The monoisotopic (exact) mass is 259 g/mol. The number of hydrogen-bond donors (Lipinski definition) is 2. The lowest BCUT2D eigenvalue weighted by Gasteiger charge is -2.23. The first-order valence-corrected chi connectivity index (χ1v) is 5.90. The molecule has 0 aliphatic heterocycles. The highest BCUT2D eigenvalue weighted by Crippen LogP contribution is 2.29. The van der Waals surface area contributed by atoms with Crippen molar-refractivity contribution in [3.63, 3.8) is 0 Å². The number of nitrogens with one attached hydrogen (secondary N) is 2. The molecule has 0 saturated carbocycles. The second kappa shape index (κ2) is 5.97. The van der Waals surface area contributed by atoms with Crippen LogP contribution in [0.4, 0.5) is 5.69 Å². The Morgan fingerprint density at radius 1 is 1.25 bits per heavy atom. The molecule has 0 atom stereocenters. The molecule has 3 nitrogen and oxygen atoms in total. The van der Waals surface area contributed by atoms with Gasteiger partial charge < -0.3 is 10.2 Å². The largest absolute Gasteiger partial charge is 0.343 e. The van der Waals surface area contributed by atoms with E-state index in [1.165, 1.54) is 0 Å². The Balaban J connectivity index is 2.84. The second-order valence-corrected chi connectivity index (χ2v) is 4.06. The van der Waals surface area contributed by atoms with Gasteiger partial charge in [-0.1, -0.05) is 29.3 Å². The van der Waals surface area contributed by atoms with Gasteiger partial charge in [-0.25, -0.2) is 0 Å². The average molecular weight is 260 g/mol. The Morgan fingerprint density at radius 2 is 1.75 bits per heavy atom. The third-order valence-corrected chi connectivity index (χ3v) is 2.92. The number of halogens is 2. The van der Waals surface area contributed by atoms with Gasteiger partial charge in [0.1, 0.15) is 0 Å². The maximum atomic E-state index is 7.87. The summed E-state index contributed by atoms with van der Waals surface area (Å²) in [5.74, 6) is 0.306. The Bertz CT molecular complexity index is 355. The zero-order chi connectivity index (χ0) is 12.1. The minimum atomic E-state index is 0.306. The molecule has 0 radical (unpaired) electrons. The summed E-state index contributed by atoms with van der Waals surface area (Å²) in [6.45, 7) is 5.52. The molecular weight excluding hydrogens is 245 g/mol. The first-order chi connectivity index (χ1) is 7.60. The van der Waals surface area contributed by atoms with Gasteiger partial charge in [0.2, 0.25) is 0 Å². The van der Waals surface area contributed by atoms with E-state index < -0.39 is 0 Å². The SMILES string of the molecule is CCN(CC)C(=N)Nc1c(Cl)cccc1Cl. The van der Waals surface area contributed by atoms with Gasteiger partial charge in [0.25, 0.3) is 0 Å². The number of hydrogen-bond acceptors (Lipinski definition) is 1. The Kier molecular flexibility index (Phi) is 4.90. The predicted molar refractivity (Wildman–Crippen MR) is 70.7 cm³/mol. The van der Waals surface area contributed by atoms with E-state index in [4.69, 9.17) is 28.6 Å². The van der Waals surface area contributed by atoms with Crippen LogP contribution in [-0.2, 0) is 0 Å². The maximum Gasteiger partial charge on any atom is 0.195 e. The molecule has 1 aromatic carbocycles. The lowest BCUT2D eigenvalue weighted by molar-refractivity contribution is 0.461. The first-order valence-electron chi connectivity index (χ1n) is 5.14. The molecule has 0 aliphatic carbocycles. The molecule has 0 spiro atoms. The van der Waals surface area contributed by atoms with Crippen LogP contribution in [0.2, 0.25) is 10.0 Å². The second-order valence-electron chi connectivity index (χ2n) is 3.24. The Morgan fingerprint density at radius 3 is 2.19 bits per heavy atom. The van der Waals surface area contributed by atoms with Crippen molar-refractivity contribution in [2.24, 2.45) is 0 Å². The molecule has 0 saturated heterocycles. The van der Waals surface area contributed by atoms with E-state index in [-0.39, 0.29) is 0 Å². The minimum absolute atomic E-state index is 0.306. The fourth-order valence-corrected chi connectivity index (χ4v) is 1.85. The topological polar surface area (TPSA) is 39.1 Å². The summed E-state index contributed by atoms with van der Waals surface area (Å²) in [6.07, 6.45) is 0. The highest BCUT2D eigenvalue weighted by molar-refractivity contribution is 6.39. The van der Waals surface area contributed by atoms with Gasteiger partial charge in [0, 0.05) is 13.1 Å². The molecule has 0 heterocycles. The molecule has 0 aromatic heterocycles. The van der Waals surface area contributed by atoms with Crippen molar-refractivity contribution in [3.8, 4) is 0 Å². The van der Waals surface area contributed by atoms with E-state index in [1.807, 2.05) is 18.7 Å². The van der Waals surface area contributed by atoms with Gasteiger partial charge in [-0.3, -0.25) is 5.41 Å². The summed E-state index contributed by atoms with van der Waals surface area (Å²) in [5.41, 5.74) is 0.586. The summed E-state index contributed by atoms with van der Waals surface area (Å²) >= 11 is 12.0. The molecule has 16 heavy (non-hydrogen) atoms. The van der Waals surface area contributed by atoms with Crippen LogP contribution < -0.4 is 5.32 Å². The first kappa shape index (κ1) is 13.1. The molecule has 0 amide bonds. The van der Waals surface area contributed by atoms with Crippen LogP contribution in [0.3, 0.4) is 0 Å². The summed E-state index contributed by atoms with van der Waals surface area (Å²) < 4.78 is 0. The fraction of sp³-hybridized carbons (Fsp3) is 0.364. The zero-order valence-electron chi connectivity index (χ0n) is 9.35. The third-order valence-electron chi connectivity index (χ3n) is 2.29. The van der Waals surface area contributed by atoms with Crippen LogP contribution in [0.25, 0.3) is 0 Å². The third kappa shape index (κ3) is 3.03. The van der Waals surface area contributed by atoms with Crippen LogP contribution in [-0.4, -0.2) is 23.9 Å². The highest BCUT2D eigenvalue weighted by atomic mass is 35.5. The number of nitrogens with zero attached hydrogens (tertiary/aromatic N) is 1. The van der Waals surface area contributed by atoms with Crippen molar-refractivity contribution in [2.45, 2.75) is 13.8 Å². The molecule has 5 heteroatoms. The molecule has 0 fully saturated rings. The van der Waals surface area contributed by atoms with Gasteiger partial charge in [-0.05, 0) is 26.0 Å². The van der Waals surface area contributed by atoms with Crippen LogP contribution in [0.15, 0.2) is 18.2 Å².